The Bertz CT molecular complexity index is 743. The Morgan fingerprint density at radius 2 is 1.78 bits per heavy atom. The van der Waals surface area contributed by atoms with Crippen LogP contribution in [-0.2, 0) is 5.41 Å². The largest absolute Gasteiger partial charge is 0.507 e. The molecule has 4 heteroatoms. The number of para-hydroxylation sites is 1. The molecule has 2 aromatic carbocycles. The van der Waals surface area contributed by atoms with Crippen molar-refractivity contribution >= 4 is 12.0 Å². The molecular weight excluding hydrogens is 290 g/mol. The van der Waals surface area contributed by atoms with Crippen LogP contribution in [-0.4, -0.2) is 28.8 Å². The minimum atomic E-state index is -0.272. The smallest absolute Gasteiger partial charge is 0.187 e. The highest BCUT2D eigenvalue weighted by atomic mass is 16.3. The highest BCUT2D eigenvalue weighted by molar-refractivity contribution is 6.01. The number of rotatable bonds is 4. The molecule has 0 aliphatic rings. The Kier molecular flexibility index (Phi) is 4.84. The molecule has 0 spiro atoms. The highest BCUT2D eigenvalue weighted by Gasteiger charge is 2.15. The van der Waals surface area contributed by atoms with Crippen molar-refractivity contribution in [1.82, 2.24) is 0 Å². The van der Waals surface area contributed by atoms with Crippen molar-refractivity contribution in [2.75, 3.05) is 6.54 Å². The molecule has 0 aliphatic carbocycles. The molecule has 0 aromatic heterocycles. The normalized spacial score (nSPS) is 11.8. The fourth-order valence-corrected chi connectivity index (χ4v) is 2.15. The molecule has 0 atom stereocenters. The predicted molar refractivity (Wildman–Crippen MR) is 91.7 cm³/mol. The number of carbonyl (C=O) groups excluding carboxylic acids is 1. The van der Waals surface area contributed by atoms with E-state index >= 15 is 0 Å². The summed E-state index contributed by atoms with van der Waals surface area (Å²) in [6.45, 7) is 6.17. The lowest BCUT2D eigenvalue weighted by Crippen LogP contribution is -2.11. The third-order valence-corrected chi connectivity index (χ3v) is 3.56. The topological polar surface area (TPSA) is 69.9 Å². The molecule has 0 fully saturated rings. The van der Waals surface area contributed by atoms with Crippen LogP contribution in [0.3, 0.4) is 0 Å². The summed E-state index contributed by atoms with van der Waals surface area (Å²) in [6.07, 6.45) is 1.49. The van der Waals surface area contributed by atoms with E-state index < -0.39 is 0 Å². The zero-order chi connectivity index (χ0) is 17.0. The zero-order valence-corrected chi connectivity index (χ0v) is 13.6. The summed E-state index contributed by atoms with van der Waals surface area (Å²) in [7, 11) is 0. The number of aromatic hydroxyl groups is 2. The zero-order valence-electron chi connectivity index (χ0n) is 13.6. The van der Waals surface area contributed by atoms with Crippen LogP contribution in [0.1, 0.15) is 42.3 Å². The van der Waals surface area contributed by atoms with Gasteiger partial charge in [-0.15, -0.1) is 0 Å². The third-order valence-electron chi connectivity index (χ3n) is 3.56. The van der Waals surface area contributed by atoms with Gasteiger partial charge in [0.05, 0.1) is 5.56 Å². The highest BCUT2D eigenvalue weighted by Crippen LogP contribution is 2.26. The number of carbonyl (C=O) groups is 1. The fourth-order valence-electron chi connectivity index (χ4n) is 2.15. The molecule has 0 radical (unpaired) electrons. The van der Waals surface area contributed by atoms with Gasteiger partial charge in [0.15, 0.2) is 5.78 Å². The maximum atomic E-state index is 12.0. The number of ketones is 1. The quantitative estimate of drug-likeness (QED) is 0.668. The number of phenolic OH excluding ortho intramolecular Hbond substituents is 2. The summed E-state index contributed by atoms with van der Waals surface area (Å²) in [5.74, 6) is -0.201. The molecule has 2 aromatic rings. The van der Waals surface area contributed by atoms with E-state index in [4.69, 9.17) is 0 Å². The lowest BCUT2D eigenvalue weighted by Gasteiger charge is -2.19. The Morgan fingerprint density at radius 3 is 2.43 bits per heavy atom. The van der Waals surface area contributed by atoms with E-state index in [1.165, 1.54) is 12.3 Å². The van der Waals surface area contributed by atoms with Gasteiger partial charge in [0.25, 0.3) is 0 Å². The number of nitrogens with zero attached hydrogens (tertiary/aromatic N) is 1. The van der Waals surface area contributed by atoms with Crippen LogP contribution >= 0.6 is 0 Å². The van der Waals surface area contributed by atoms with Gasteiger partial charge in [0.2, 0.25) is 0 Å². The molecular formula is C19H21NO3. The van der Waals surface area contributed by atoms with E-state index in [1.54, 1.807) is 24.3 Å². The SMILES string of the molecule is CC(C)(C)c1ccc(O)c(C=NCC(=O)c2ccccc2O)c1. The minimum absolute atomic E-state index is 0.0397. The molecule has 120 valence electrons. The number of phenols is 2. The van der Waals surface area contributed by atoms with Crippen molar-refractivity contribution < 1.29 is 15.0 Å². The first kappa shape index (κ1) is 16.7. The Balaban J connectivity index is 2.15. The number of benzene rings is 2. The first-order valence-electron chi connectivity index (χ1n) is 7.43. The van der Waals surface area contributed by atoms with Gasteiger partial charge in [-0.05, 0) is 35.2 Å². The number of hydrogen-bond donors (Lipinski definition) is 2. The second-order valence-corrected chi connectivity index (χ2v) is 6.43. The summed E-state index contributed by atoms with van der Waals surface area (Å²) >= 11 is 0. The van der Waals surface area contributed by atoms with Crippen LogP contribution in [0, 0.1) is 0 Å². The molecule has 0 unspecified atom stereocenters. The summed E-state index contributed by atoms with van der Waals surface area (Å²) in [5, 5.41) is 19.6. The van der Waals surface area contributed by atoms with Gasteiger partial charge in [0.1, 0.15) is 18.0 Å². The monoisotopic (exact) mass is 311 g/mol. The van der Waals surface area contributed by atoms with E-state index in [2.05, 4.69) is 25.8 Å². The molecule has 23 heavy (non-hydrogen) atoms. The van der Waals surface area contributed by atoms with Gasteiger partial charge in [-0.25, -0.2) is 0 Å². The van der Waals surface area contributed by atoms with Crippen LogP contribution in [0.4, 0.5) is 0 Å². The van der Waals surface area contributed by atoms with Gasteiger partial charge < -0.3 is 10.2 Å². The molecule has 0 saturated heterocycles. The van der Waals surface area contributed by atoms with E-state index in [9.17, 15) is 15.0 Å². The molecule has 4 nitrogen and oxygen atoms in total. The Hall–Kier alpha value is -2.62. The van der Waals surface area contributed by atoms with Gasteiger partial charge in [0, 0.05) is 11.8 Å². The van der Waals surface area contributed by atoms with Gasteiger partial charge in [-0.1, -0.05) is 39.0 Å². The van der Waals surface area contributed by atoms with Crippen molar-refractivity contribution in [2.45, 2.75) is 26.2 Å². The number of Topliss-reactive ketones (excluding diaryl/α,β-unsaturated/α-hetero) is 1. The summed E-state index contributed by atoms with van der Waals surface area (Å²) < 4.78 is 0. The van der Waals surface area contributed by atoms with Crippen LogP contribution in [0.15, 0.2) is 47.5 Å². The average Bonchev–Trinajstić information content (AvgIpc) is 2.48. The maximum Gasteiger partial charge on any atom is 0.187 e. The first-order valence-corrected chi connectivity index (χ1v) is 7.43. The summed E-state index contributed by atoms with van der Waals surface area (Å²) in [5.41, 5.74) is 1.85. The second kappa shape index (κ2) is 6.65. The van der Waals surface area contributed by atoms with E-state index in [0.717, 1.165) is 5.56 Å². The average molecular weight is 311 g/mol. The van der Waals surface area contributed by atoms with Crippen molar-refractivity contribution in [1.29, 1.82) is 0 Å². The minimum Gasteiger partial charge on any atom is -0.507 e. The maximum absolute atomic E-state index is 12.0. The Labute approximate surface area is 136 Å². The van der Waals surface area contributed by atoms with Crippen molar-refractivity contribution in [2.24, 2.45) is 4.99 Å². The molecule has 0 bridgehead atoms. The standard InChI is InChI=1S/C19H21NO3/c1-19(2,3)14-8-9-16(21)13(10-14)11-20-12-18(23)15-6-4-5-7-17(15)22/h4-11,21-22H,12H2,1-3H3. The van der Waals surface area contributed by atoms with Crippen LogP contribution in [0.5, 0.6) is 11.5 Å². The lowest BCUT2D eigenvalue weighted by molar-refractivity contribution is 0.0999. The summed E-state index contributed by atoms with van der Waals surface area (Å²) in [4.78, 5) is 16.1. The van der Waals surface area contributed by atoms with Gasteiger partial charge in [-0.2, -0.15) is 0 Å². The van der Waals surface area contributed by atoms with E-state index in [1.807, 2.05) is 12.1 Å². The van der Waals surface area contributed by atoms with Gasteiger partial charge in [-0.3, -0.25) is 9.79 Å². The fraction of sp³-hybridized carbons (Fsp3) is 0.263. The van der Waals surface area contributed by atoms with E-state index in [-0.39, 0.29) is 34.8 Å². The molecule has 0 amide bonds. The molecule has 0 aliphatic heterocycles. The molecule has 2 N–H and O–H groups in total. The van der Waals surface area contributed by atoms with Crippen LogP contribution in [0.2, 0.25) is 0 Å². The predicted octanol–water partition coefficient (Wildman–Crippen LogP) is 3.70. The summed E-state index contributed by atoms with van der Waals surface area (Å²) in [6, 6.07) is 11.7. The van der Waals surface area contributed by atoms with Crippen LogP contribution < -0.4 is 0 Å². The number of aliphatic imine (C=N–C) groups is 1. The first-order chi connectivity index (χ1) is 10.8. The Morgan fingerprint density at radius 1 is 1.09 bits per heavy atom. The second-order valence-electron chi connectivity index (χ2n) is 6.43. The van der Waals surface area contributed by atoms with Gasteiger partial charge >= 0.3 is 0 Å². The van der Waals surface area contributed by atoms with Crippen molar-refractivity contribution in [3.63, 3.8) is 0 Å². The lowest BCUT2D eigenvalue weighted by atomic mass is 9.86. The molecule has 0 saturated carbocycles. The number of hydrogen-bond acceptors (Lipinski definition) is 4. The van der Waals surface area contributed by atoms with Crippen LogP contribution in [0.25, 0.3) is 0 Å². The molecule has 0 heterocycles. The molecule has 2 rings (SSSR count). The van der Waals surface area contributed by atoms with E-state index in [0.29, 0.717) is 5.56 Å². The van der Waals surface area contributed by atoms with Crippen molar-refractivity contribution in [3.8, 4) is 11.5 Å². The van der Waals surface area contributed by atoms with Crippen molar-refractivity contribution in [3.05, 3.63) is 59.2 Å². The third kappa shape index (κ3) is 4.19.